The summed E-state index contributed by atoms with van der Waals surface area (Å²) in [5.74, 6) is 1.41. The van der Waals surface area contributed by atoms with Crippen LogP contribution < -0.4 is 15.5 Å². The second-order valence-corrected chi connectivity index (χ2v) is 8.47. The van der Waals surface area contributed by atoms with Gasteiger partial charge in [0, 0.05) is 41.8 Å². The van der Waals surface area contributed by atoms with E-state index in [1.54, 1.807) is 11.6 Å². The summed E-state index contributed by atoms with van der Waals surface area (Å²) in [6.45, 7) is 4.00. The maximum atomic E-state index is 12.6. The first-order valence-corrected chi connectivity index (χ1v) is 11.1. The van der Waals surface area contributed by atoms with E-state index < -0.39 is 0 Å². The second-order valence-electron chi connectivity index (χ2n) is 7.58. The molecule has 0 spiro atoms. The third-order valence-electron chi connectivity index (χ3n) is 5.24. The normalized spacial score (nSPS) is 13.5. The average Bonchev–Trinajstić information content (AvgIpc) is 3.46. The minimum atomic E-state index is -0.141. The first kappa shape index (κ1) is 19.4. The third-order valence-corrected chi connectivity index (χ3v) is 6.03. The predicted octanol–water partition coefficient (Wildman–Crippen LogP) is 4.99. The molecule has 0 bridgehead atoms. The molecule has 31 heavy (non-hydrogen) atoms. The summed E-state index contributed by atoms with van der Waals surface area (Å²) in [6, 6.07) is 15.1. The van der Waals surface area contributed by atoms with Gasteiger partial charge in [0.1, 0.15) is 5.82 Å². The van der Waals surface area contributed by atoms with Crippen molar-refractivity contribution < 1.29 is 4.79 Å². The van der Waals surface area contributed by atoms with Gasteiger partial charge in [0.2, 0.25) is 5.95 Å². The molecule has 5 rings (SSSR count). The third kappa shape index (κ3) is 4.34. The quantitative estimate of drug-likeness (QED) is 0.464. The Balaban J connectivity index is 1.27. The van der Waals surface area contributed by atoms with Crippen LogP contribution in [0.15, 0.2) is 54.0 Å². The van der Waals surface area contributed by atoms with Gasteiger partial charge in [0.05, 0.1) is 15.7 Å². The number of amides is 1. The Bertz CT molecular complexity index is 1230. The van der Waals surface area contributed by atoms with Crippen LogP contribution in [-0.2, 0) is 0 Å². The van der Waals surface area contributed by atoms with E-state index in [1.165, 1.54) is 24.2 Å². The highest BCUT2D eigenvalue weighted by Crippen LogP contribution is 2.23. The van der Waals surface area contributed by atoms with Crippen molar-refractivity contribution in [1.82, 2.24) is 15.0 Å². The topological polar surface area (TPSA) is 83.0 Å². The molecule has 8 heteroatoms. The van der Waals surface area contributed by atoms with E-state index in [4.69, 9.17) is 0 Å². The zero-order valence-corrected chi connectivity index (χ0v) is 17.9. The van der Waals surface area contributed by atoms with E-state index in [0.29, 0.717) is 5.56 Å². The Labute approximate surface area is 184 Å². The lowest BCUT2D eigenvalue weighted by Gasteiger charge is -2.17. The number of nitrogens with zero attached hydrogens (tertiary/aromatic N) is 4. The molecule has 156 valence electrons. The molecule has 1 saturated heterocycles. The van der Waals surface area contributed by atoms with Crippen LogP contribution in [0.2, 0.25) is 0 Å². The van der Waals surface area contributed by atoms with Crippen molar-refractivity contribution in [3.63, 3.8) is 0 Å². The lowest BCUT2D eigenvalue weighted by molar-refractivity contribution is 0.102. The molecule has 2 aromatic heterocycles. The number of carbonyl (C=O) groups is 1. The molecule has 2 N–H and O–H groups in total. The van der Waals surface area contributed by atoms with E-state index in [0.717, 1.165) is 52.1 Å². The molecule has 0 radical (unpaired) electrons. The SMILES string of the molecule is Cc1cc(Nc2ccc(NC(=O)c3ccc4ncsc4c3)cc2)nc(N2CCCC2)n1. The van der Waals surface area contributed by atoms with Crippen molar-refractivity contribution in [1.29, 1.82) is 0 Å². The number of aryl methyl sites for hydroxylation is 1. The van der Waals surface area contributed by atoms with E-state index in [-0.39, 0.29) is 5.91 Å². The molecular weight excluding hydrogens is 408 g/mol. The fourth-order valence-corrected chi connectivity index (χ4v) is 4.38. The Morgan fingerprint density at radius 3 is 2.58 bits per heavy atom. The molecule has 7 nitrogen and oxygen atoms in total. The van der Waals surface area contributed by atoms with Crippen molar-refractivity contribution >= 4 is 50.6 Å². The number of fused-ring (bicyclic) bond motifs is 1. The Kier molecular flexibility index (Phi) is 5.21. The smallest absolute Gasteiger partial charge is 0.255 e. The summed E-state index contributed by atoms with van der Waals surface area (Å²) in [4.78, 5) is 28.3. The van der Waals surface area contributed by atoms with E-state index in [1.807, 2.05) is 49.4 Å². The minimum Gasteiger partial charge on any atom is -0.341 e. The van der Waals surface area contributed by atoms with Crippen molar-refractivity contribution in [2.45, 2.75) is 19.8 Å². The molecule has 2 aromatic carbocycles. The van der Waals surface area contributed by atoms with Crippen LogP contribution in [0.1, 0.15) is 28.9 Å². The highest BCUT2D eigenvalue weighted by atomic mass is 32.1. The van der Waals surface area contributed by atoms with Gasteiger partial charge in [-0.1, -0.05) is 0 Å². The fourth-order valence-electron chi connectivity index (χ4n) is 3.66. The van der Waals surface area contributed by atoms with Crippen LogP contribution in [-0.4, -0.2) is 33.9 Å². The number of benzene rings is 2. The van der Waals surface area contributed by atoms with Crippen molar-refractivity contribution in [2.24, 2.45) is 0 Å². The lowest BCUT2D eigenvalue weighted by atomic mass is 10.2. The van der Waals surface area contributed by atoms with Crippen LogP contribution in [0.25, 0.3) is 10.2 Å². The van der Waals surface area contributed by atoms with Crippen molar-refractivity contribution in [3.05, 3.63) is 65.3 Å². The van der Waals surface area contributed by atoms with Crippen LogP contribution in [0.3, 0.4) is 0 Å². The maximum absolute atomic E-state index is 12.6. The molecule has 1 aliphatic rings. The van der Waals surface area contributed by atoms with Gasteiger partial charge in [-0.05, 0) is 62.2 Å². The van der Waals surface area contributed by atoms with E-state index in [2.05, 4.69) is 30.5 Å². The van der Waals surface area contributed by atoms with Gasteiger partial charge in [-0.25, -0.2) is 9.97 Å². The summed E-state index contributed by atoms with van der Waals surface area (Å²) in [5, 5.41) is 6.29. The molecule has 4 aromatic rings. The zero-order valence-electron chi connectivity index (χ0n) is 17.1. The summed E-state index contributed by atoms with van der Waals surface area (Å²) in [6.07, 6.45) is 2.37. The van der Waals surface area contributed by atoms with Crippen molar-refractivity contribution in [2.75, 3.05) is 28.6 Å². The highest BCUT2D eigenvalue weighted by molar-refractivity contribution is 7.16. The molecule has 3 heterocycles. The number of thiazole rings is 1. The number of anilines is 4. The van der Waals surface area contributed by atoms with Gasteiger partial charge in [-0.2, -0.15) is 4.98 Å². The zero-order chi connectivity index (χ0) is 21.2. The highest BCUT2D eigenvalue weighted by Gasteiger charge is 2.16. The number of nitrogens with one attached hydrogen (secondary N) is 2. The first-order valence-electron chi connectivity index (χ1n) is 10.3. The Morgan fingerprint density at radius 2 is 1.77 bits per heavy atom. The largest absolute Gasteiger partial charge is 0.341 e. The Morgan fingerprint density at radius 1 is 1.00 bits per heavy atom. The molecule has 1 aliphatic heterocycles. The van der Waals surface area contributed by atoms with Crippen LogP contribution in [0.4, 0.5) is 23.1 Å². The number of hydrogen-bond donors (Lipinski definition) is 2. The molecule has 0 atom stereocenters. The summed E-state index contributed by atoms with van der Waals surface area (Å²) in [5.41, 5.74) is 5.87. The molecular formula is C23H22N6OS. The first-order chi connectivity index (χ1) is 15.1. The van der Waals surface area contributed by atoms with Crippen LogP contribution in [0.5, 0.6) is 0 Å². The monoisotopic (exact) mass is 430 g/mol. The second kappa shape index (κ2) is 8.31. The van der Waals surface area contributed by atoms with Gasteiger partial charge < -0.3 is 15.5 Å². The van der Waals surface area contributed by atoms with Gasteiger partial charge >= 0.3 is 0 Å². The lowest BCUT2D eigenvalue weighted by Crippen LogP contribution is -2.21. The molecule has 0 aliphatic carbocycles. The number of rotatable bonds is 5. The number of hydrogen-bond acceptors (Lipinski definition) is 7. The van der Waals surface area contributed by atoms with E-state index >= 15 is 0 Å². The predicted molar refractivity (Wildman–Crippen MR) is 126 cm³/mol. The van der Waals surface area contributed by atoms with Crippen LogP contribution >= 0.6 is 11.3 Å². The molecule has 1 amide bonds. The maximum Gasteiger partial charge on any atom is 0.255 e. The Hall–Kier alpha value is -3.52. The van der Waals surface area contributed by atoms with Gasteiger partial charge in [-0.3, -0.25) is 4.79 Å². The summed E-state index contributed by atoms with van der Waals surface area (Å²) < 4.78 is 1.00. The fraction of sp³-hybridized carbons (Fsp3) is 0.217. The van der Waals surface area contributed by atoms with Gasteiger partial charge in [0.15, 0.2) is 0 Å². The van der Waals surface area contributed by atoms with Crippen LogP contribution in [0, 0.1) is 6.92 Å². The minimum absolute atomic E-state index is 0.141. The molecule has 1 fully saturated rings. The standard InChI is InChI=1S/C23H22N6OS/c1-15-12-21(28-23(25-15)29-10-2-3-11-29)26-17-5-7-18(8-6-17)27-22(30)16-4-9-19-20(13-16)31-14-24-19/h4-9,12-14H,2-3,10-11H2,1H3,(H,27,30)(H,25,26,28). The summed E-state index contributed by atoms with van der Waals surface area (Å²) >= 11 is 1.53. The van der Waals surface area contributed by atoms with Gasteiger partial charge in [-0.15, -0.1) is 11.3 Å². The molecule has 0 unspecified atom stereocenters. The van der Waals surface area contributed by atoms with Gasteiger partial charge in [0.25, 0.3) is 5.91 Å². The summed E-state index contributed by atoms with van der Waals surface area (Å²) in [7, 11) is 0. The average molecular weight is 431 g/mol. The number of carbonyl (C=O) groups excluding carboxylic acids is 1. The van der Waals surface area contributed by atoms with E-state index in [9.17, 15) is 4.79 Å². The molecule has 0 saturated carbocycles. The number of aromatic nitrogens is 3. The van der Waals surface area contributed by atoms with Crippen molar-refractivity contribution in [3.8, 4) is 0 Å².